The molecule has 0 spiro atoms. The average molecular weight is 312 g/mol. The molecule has 22 heavy (non-hydrogen) atoms. The lowest BCUT2D eigenvalue weighted by Gasteiger charge is -2.03. The van der Waals surface area contributed by atoms with Gasteiger partial charge in [0.1, 0.15) is 11.4 Å². The number of benzene rings is 1. The Hall–Kier alpha value is -2.53. The number of aryl methyl sites for hydroxylation is 1. The quantitative estimate of drug-likeness (QED) is 0.507. The van der Waals surface area contributed by atoms with Crippen molar-refractivity contribution in [1.82, 2.24) is 14.8 Å². The van der Waals surface area contributed by atoms with Gasteiger partial charge in [0.25, 0.3) is 0 Å². The highest BCUT2D eigenvalue weighted by Crippen LogP contribution is 2.29. The highest BCUT2D eigenvalue weighted by molar-refractivity contribution is 6.31. The van der Waals surface area contributed by atoms with Crippen LogP contribution in [0, 0.1) is 13.8 Å². The van der Waals surface area contributed by atoms with E-state index in [1.165, 1.54) is 0 Å². The van der Waals surface area contributed by atoms with Crippen molar-refractivity contribution in [3.05, 3.63) is 65.2 Å². The fourth-order valence-corrected chi connectivity index (χ4v) is 2.31. The molecule has 3 rings (SSSR count). The van der Waals surface area contributed by atoms with Gasteiger partial charge in [0.15, 0.2) is 5.15 Å². The molecule has 0 unspecified atom stereocenters. The third-order valence-corrected chi connectivity index (χ3v) is 3.54. The zero-order valence-electron chi connectivity index (χ0n) is 12.2. The minimum Gasteiger partial charge on any atom is -0.242 e. The second-order valence-corrected chi connectivity index (χ2v) is 5.14. The van der Waals surface area contributed by atoms with Crippen LogP contribution in [0.5, 0.6) is 0 Å². The van der Waals surface area contributed by atoms with Crippen LogP contribution in [0.2, 0.25) is 5.15 Å². The molecule has 1 aromatic carbocycles. The number of aromatic nitrogens is 3. The molecule has 0 saturated heterocycles. The van der Waals surface area contributed by atoms with Gasteiger partial charge in [0.2, 0.25) is 0 Å². The minimum absolute atomic E-state index is 0.331. The van der Waals surface area contributed by atoms with Crippen molar-refractivity contribution >= 4 is 23.0 Å². The molecule has 0 aliphatic heterocycles. The molecule has 3 aromatic rings. The number of pyridine rings is 1. The van der Waals surface area contributed by atoms with Crippen molar-refractivity contribution < 1.29 is 0 Å². The lowest BCUT2D eigenvalue weighted by molar-refractivity contribution is 0.833. The molecule has 0 aliphatic rings. The van der Waals surface area contributed by atoms with Gasteiger partial charge < -0.3 is 0 Å². The first-order valence-electron chi connectivity index (χ1n) is 6.80. The van der Waals surface area contributed by atoms with Gasteiger partial charge in [0, 0.05) is 6.20 Å². The van der Waals surface area contributed by atoms with Gasteiger partial charge in [-0.1, -0.05) is 29.8 Å². The van der Waals surface area contributed by atoms with Gasteiger partial charge >= 0.3 is 0 Å². The van der Waals surface area contributed by atoms with E-state index < -0.39 is 0 Å². The standard InChI is InChI=1S/C16H14ClN5/c1-11-15(20-19-14-9-6-10-18-16(14)17)12(2)22(21-11)13-7-4-3-5-8-13/h3-10H,1-2H3. The van der Waals surface area contributed by atoms with Gasteiger partial charge in [-0.3, -0.25) is 0 Å². The van der Waals surface area contributed by atoms with Crippen LogP contribution in [-0.4, -0.2) is 14.8 Å². The molecule has 0 bridgehead atoms. The molecule has 0 amide bonds. The summed E-state index contributed by atoms with van der Waals surface area (Å²) in [5, 5.41) is 13.3. The summed E-state index contributed by atoms with van der Waals surface area (Å²) < 4.78 is 1.86. The van der Waals surface area contributed by atoms with Crippen molar-refractivity contribution in [3.63, 3.8) is 0 Å². The molecule has 0 atom stereocenters. The number of azo groups is 1. The van der Waals surface area contributed by atoms with Crippen LogP contribution in [0.3, 0.4) is 0 Å². The second-order valence-electron chi connectivity index (χ2n) is 4.78. The fourth-order valence-electron chi connectivity index (χ4n) is 2.16. The zero-order chi connectivity index (χ0) is 15.5. The summed E-state index contributed by atoms with van der Waals surface area (Å²) in [6.45, 7) is 3.87. The number of hydrogen-bond acceptors (Lipinski definition) is 4. The van der Waals surface area contributed by atoms with Gasteiger partial charge in [-0.15, -0.1) is 10.2 Å². The topological polar surface area (TPSA) is 55.4 Å². The average Bonchev–Trinajstić information content (AvgIpc) is 2.82. The Labute approximate surface area is 133 Å². The molecule has 0 N–H and O–H groups in total. The van der Waals surface area contributed by atoms with Crippen molar-refractivity contribution in [2.24, 2.45) is 10.2 Å². The van der Waals surface area contributed by atoms with Crippen molar-refractivity contribution in [2.75, 3.05) is 0 Å². The number of nitrogens with zero attached hydrogens (tertiary/aromatic N) is 5. The first-order valence-corrected chi connectivity index (χ1v) is 7.18. The van der Waals surface area contributed by atoms with Crippen molar-refractivity contribution in [2.45, 2.75) is 13.8 Å². The monoisotopic (exact) mass is 311 g/mol. The molecule has 2 aromatic heterocycles. The summed E-state index contributed by atoms with van der Waals surface area (Å²) in [5.74, 6) is 0. The normalized spacial score (nSPS) is 11.2. The molecule has 2 heterocycles. The number of halogens is 1. The van der Waals surface area contributed by atoms with Crippen LogP contribution in [-0.2, 0) is 0 Å². The van der Waals surface area contributed by atoms with Gasteiger partial charge in [0.05, 0.1) is 17.1 Å². The molecule has 0 fully saturated rings. The number of hydrogen-bond donors (Lipinski definition) is 0. The van der Waals surface area contributed by atoms with E-state index in [4.69, 9.17) is 11.6 Å². The van der Waals surface area contributed by atoms with Crippen LogP contribution < -0.4 is 0 Å². The van der Waals surface area contributed by atoms with Crippen LogP contribution in [0.4, 0.5) is 11.4 Å². The maximum atomic E-state index is 5.99. The Kier molecular flexibility index (Phi) is 3.98. The fraction of sp³-hybridized carbons (Fsp3) is 0.125. The molecule has 0 aliphatic carbocycles. The van der Waals surface area contributed by atoms with E-state index >= 15 is 0 Å². The third kappa shape index (κ3) is 2.76. The summed E-state index contributed by atoms with van der Waals surface area (Å²) in [4.78, 5) is 3.98. The predicted molar refractivity (Wildman–Crippen MR) is 86.5 cm³/mol. The summed E-state index contributed by atoms with van der Waals surface area (Å²) >= 11 is 5.99. The highest BCUT2D eigenvalue weighted by Gasteiger charge is 2.12. The number of rotatable bonds is 3. The van der Waals surface area contributed by atoms with Crippen LogP contribution in [0.1, 0.15) is 11.4 Å². The largest absolute Gasteiger partial charge is 0.242 e. The minimum atomic E-state index is 0.331. The maximum absolute atomic E-state index is 5.99. The molecular formula is C16H14ClN5. The molecule has 110 valence electrons. The van der Waals surface area contributed by atoms with E-state index in [9.17, 15) is 0 Å². The Balaban J connectivity index is 1.99. The molecule has 0 saturated carbocycles. The van der Waals surface area contributed by atoms with E-state index in [-0.39, 0.29) is 0 Å². The lowest BCUT2D eigenvalue weighted by Crippen LogP contribution is -1.98. The summed E-state index contributed by atoms with van der Waals surface area (Å²) in [5.41, 5.74) is 4.00. The first kappa shape index (κ1) is 14.4. The Morgan fingerprint density at radius 1 is 1.00 bits per heavy atom. The van der Waals surface area contributed by atoms with E-state index in [1.807, 2.05) is 48.9 Å². The van der Waals surface area contributed by atoms with E-state index in [1.54, 1.807) is 18.3 Å². The van der Waals surface area contributed by atoms with Crippen molar-refractivity contribution in [1.29, 1.82) is 0 Å². The van der Waals surface area contributed by atoms with Gasteiger partial charge in [-0.2, -0.15) is 5.10 Å². The molecule has 0 radical (unpaired) electrons. The Morgan fingerprint density at radius 3 is 2.50 bits per heavy atom. The van der Waals surface area contributed by atoms with Crippen LogP contribution in [0.25, 0.3) is 5.69 Å². The summed E-state index contributed by atoms with van der Waals surface area (Å²) in [7, 11) is 0. The molecule has 6 heteroatoms. The Morgan fingerprint density at radius 2 is 1.77 bits per heavy atom. The van der Waals surface area contributed by atoms with Crippen molar-refractivity contribution in [3.8, 4) is 5.69 Å². The van der Waals surface area contributed by atoms with Crippen LogP contribution in [0.15, 0.2) is 58.9 Å². The molecule has 5 nitrogen and oxygen atoms in total. The summed E-state index contributed by atoms with van der Waals surface area (Å²) in [6.07, 6.45) is 1.62. The third-order valence-electron chi connectivity index (χ3n) is 3.25. The van der Waals surface area contributed by atoms with Gasteiger partial charge in [-0.05, 0) is 38.1 Å². The van der Waals surface area contributed by atoms with E-state index in [0.717, 1.165) is 22.8 Å². The zero-order valence-corrected chi connectivity index (χ0v) is 13.0. The Bertz CT molecular complexity index is 824. The highest BCUT2D eigenvalue weighted by atomic mass is 35.5. The van der Waals surface area contributed by atoms with Gasteiger partial charge in [-0.25, -0.2) is 9.67 Å². The number of para-hydroxylation sites is 1. The molecular weight excluding hydrogens is 298 g/mol. The van der Waals surface area contributed by atoms with E-state index in [0.29, 0.717) is 10.8 Å². The maximum Gasteiger partial charge on any atom is 0.156 e. The predicted octanol–water partition coefficient (Wildman–Crippen LogP) is 4.95. The first-order chi connectivity index (χ1) is 10.7. The lowest BCUT2D eigenvalue weighted by atomic mass is 10.3. The SMILES string of the molecule is Cc1nn(-c2ccccc2)c(C)c1N=Nc1cccnc1Cl. The van der Waals surface area contributed by atoms with E-state index in [2.05, 4.69) is 20.3 Å². The van der Waals surface area contributed by atoms with Crippen LogP contribution >= 0.6 is 11.6 Å². The second kappa shape index (κ2) is 6.07. The summed E-state index contributed by atoms with van der Waals surface area (Å²) in [6, 6.07) is 13.5. The smallest absolute Gasteiger partial charge is 0.156 e.